The molecule has 1 atom stereocenters. The van der Waals surface area contributed by atoms with E-state index >= 15 is 0 Å². The molecule has 1 aromatic carbocycles. The van der Waals surface area contributed by atoms with Gasteiger partial charge in [-0.3, -0.25) is 4.55 Å². The predicted molar refractivity (Wildman–Crippen MR) is 65.0 cm³/mol. The van der Waals surface area contributed by atoms with Gasteiger partial charge in [0, 0.05) is 17.2 Å². The molecule has 0 spiro atoms. The highest BCUT2D eigenvalue weighted by atomic mass is 35.5. The van der Waals surface area contributed by atoms with Gasteiger partial charge in [0.25, 0.3) is 10.0 Å². The second-order valence-electron chi connectivity index (χ2n) is 3.29. The minimum Gasteiger partial charge on any atom is -0.293 e. The van der Waals surface area contributed by atoms with E-state index in [4.69, 9.17) is 11.6 Å². The van der Waals surface area contributed by atoms with Crippen LogP contribution in [-0.4, -0.2) is 8.76 Å². The number of pyridine rings is 1. The normalized spacial score (nSPS) is 14.0. The lowest BCUT2D eigenvalue weighted by atomic mass is 10.4. The molecule has 0 aliphatic heterocycles. The van der Waals surface area contributed by atoms with Crippen LogP contribution in [0.2, 0.25) is 5.02 Å². The summed E-state index contributed by atoms with van der Waals surface area (Å²) >= 11 is 5.71. The summed E-state index contributed by atoms with van der Waals surface area (Å²) in [7, 11) is -3.45. The maximum absolute atomic E-state index is 12.0. The van der Waals surface area contributed by atoms with Gasteiger partial charge in [-0.05, 0) is 28.9 Å². The lowest BCUT2D eigenvalue weighted by Crippen LogP contribution is -2.27. The maximum Gasteiger partial charge on any atom is 0.253 e. The molecule has 1 heterocycles. The van der Waals surface area contributed by atoms with E-state index in [-0.39, 0.29) is 4.90 Å². The number of hydrogen-bond donors (Lipinski definition) is 1. The topological polar surface area (TPSA) is 53.5 Å². The Morgan fingerprint density at radius 2 is 1.71 bits per heavy atom. The van der Waals surface area contributed by atoms with Crippen molar-refractivity contribution < 1.29 is 13.4 Å². The van der Waals surface area contributed by atoms with Crippen molar-refractivity contribution in [3.63, 3.8) is 0 Å². The van der Waals surface area contributed by atoms with Gasteiger partial charge in [0.15, 0.2) is 0 Å². The summed E-state index contributed by atoms with van der Waals surface area (Å²) in [5, 5.41) is 0.510. The molecule has 0 fully saturated rings. The molecule has 1 aromatic heterocycles. The highest BCUT2D eigenvalue weighted by Crippen LogP contribution is 2.14. The second-order valence-corrected chi connectivity index (χ2v) is 5.35. The molecule has 4 nitrogen and oxygen atoms in total. The Bertz CT molecular complexity index is 620. The quantitative estimate of drug-likeness (QED) is 0.851. The van der Waals surface area contributed by atoms with Gasteiger partial charge >= 0.3 is 0 Å². The fraction of sp³-hybridized carbons (Fsp3) is 0. The summed E-state index contributed by atoms with van der Waals surface area (Å²) in [4.78, 5) is 0.221. The zero-order valence-electron chi connectivity index (χ0n) is 8.73. The Labute approximate surface area is 104 Å². The van der Waals surface area contributed by atoms with Crippen molar-refractivity contribution in [1.29, 1.82) is 0 Å². The minimum absolute atomic E-state index is 0.221. The molecule has 2 rings (SSSR count). The highest BCUT2D eigenvalue weighted by molar-refractivity contribution is 7.88. The summed E-state index contributed by atoms with van der Waals surface area (Å²) in [5.74, 6) is 0. The van der Waals surface area contributed by atoms with Gasteiger partial charge in [0.1, 0.15) is 0 Å². The Morgan fingerprint density at radius 3 is 2.29 bits per heavy atom. The minimum atomic E-state index is -3.45. The molecule has 6 heteroatoms. The average Bonchev–Trinajstić information content (AvgIpc) is 2.30. The monoisotopic (exact) mass is 269 g/mol. The van der Waals surface area contributed by atoms with E-state index in [2.05, 4.69) is 4.47 Å². The lowest BCUT2D eigenvalue weighted by Gasteiger charge is -1.98. The van der Waals surface area contributed by atoms with Gasteiger partial charge in [-0.1, -0.05) is 17.7 Å². The van der Waals surface area contributed by atoms with Gasteiger partial charge in [-0.2, -0.15) is 0 Å². The largest absolute Gasteiger partial charge is 0.293 e. The third-order valence-corrected chi connectivity index (χ3v) is 3.57. The number of hydrogen-bond acceptors (Lipinski definition) is 2. The summed E-state index contributed by atoms with van der Waals surface area (Å²) in [6, 6.07) is 11.3. The van der Waals surface area contributed by atoms with Crippen LogP contribution in [0, 0.1) is 0 Å². The molecule has 1 N–H and O–H groups in total. The smallest absolute Gasteiger partial charge is 0.253 e. The van der Waals surface area contributed by atoms with Crippen LogP contribution < -0.4 is 4.68 Å². The number of aromatic nitrogens is 1. The Kier molecular flexibility index (Phi) is 3.42. The predicted octanol–water partition coefficient (Wildman–Crippen LogP) is 2.39. The van der Waals surface area contributed by atoms with Gasteiger partial charge in [0.2, 0.25) is 12.4 Å². The molecule has 0 radical (unpaired) electrons. The Hall–Kier alpha value is -1.43. The van der Waals surface area contributed by atoms with Crippen LogP contribution in [0.5, 0.6) is 0 Å². The molecule has 0 aliphatic carbocycles. The van der Waals surface area contributed by atoms with Crippen LogP contribution in [0.3, 0.4) is 0 Å². The molecule has 0 saturated heterocycles. The van der Waals surface area contributed by atoms with E-state index in [9.17, 15) is 8.76 Å². The number of halogens is 1. The van der Waals surface area contributed by atoms with Gasteiger partial charge in [0.05, 0.1) is 9.37 Å². The van der Waals surface area contributed by atoms with Crippen LogP contribution in [-0.2, 0) is 10.0 Å². The molecular formula is C11H10ClN2O2S+. The fourth-order valence-electron chi connectivity index (χ4n) is 1.23. The van der Waals surface area contributed by atoms with Crippen LogP contribution in [0.4, 0.5) is 0 Å². The van der Waals surface area contributed by atoms with E-state index in [0.29, 0.717) is 5.02 Å². The first-order chi connectivity index (χ1) is 8.08. The Morgan fingerprint density at radius 1 is 1.12 bits per heavy atom. The number of benzene rings is 1. The van der Waals surface area contributed by atoms with Crippen molar-refractivity contribution in [3.8, 4) is 0 Å². The van der Waals surface area contributed by atoms with Crippen LogP contribution >= 0.6 is 11.6 Å². The average molecular weight is 270 g/mol. The van der Waals surface area contributed by atoms with Crippen LogP contribution in [0.15, 0.2) is 64.2 Å². The van der Waals surface area contributed by atoms with Crippen LogP contribution in [0.25, 0.3) is 0 Å². The van der Waals surface area contributed by atoms with Crippen LogP contribution in [0.1, 0.15) is 0 Å². The third kappa shape index (κ3) is 3.03. The van der Waals surface area contributed by atoms with Gasteiger partial charge in [-0.25, -0.2) is 4.21 Å². The highest BCUT2D eigenvalue weighted by Gasteiger charge is 2.12. The summed E-state index contributed by atoms with van der Waals surface area (Å²) in [6.45, 7) is 0. The summed E-state index contributed by atoms with van der Waals surface area (Å²) in [6.07, 6.45) is 3.18. The van der Waals surface area contributed by atoms with Crippen molar-refractivity contribution in [2.45, 2.75) is 4.90 Å². The van der Waals surface area contributed by atoms with E-state index in [1.165, 1.54) is 16.8 Å². The molecule has 0 saturated carbocycles. The first-order valence-electron chi connectivity index (χ1n) is 4.80. The molecule has 1 unspecified atom stereocenters. The first kappa shape index (κ1) is 12.0. The molecule has 17 heavy (non-hydrogen) atoms. The van der Waals surface area contributed by atoms with Gasteiger partial charge in [-0.15, -0.1) is 0 Å². The van der Waals surface area contributed by atoms with Gasteiger partial charge < -0.3 is 0 Å². The maximum atomic E-state index is 12.0. The second kappa shape index (κ2) is 4.83. The number of rotatable bonds is 2. The molecule has 0 bridgehead atoms. The summed E-state index contributed by atoms with van der Waals surface area (Å²) in [5.41, 5.74) is 0. The standard InChI is InChI=1S/C11H9ClN2O2S/c12-10-4-6-11(7-5-10)17(15,16)13-14-8-2-1-3-9-14/h1-9H/p+1. The zero-order chi connectivity index (χ0) is 12.3. The Balaban J connectivity index is 2.46. The fourth-order valence-corrected chi connectivity index (χ4v) is 2.31. The molecular weight excluding hydrogens is 260 g/mol. The SMILES string of the molecule is O=S(O)(=N[n+]1ccccc1)c1ccc(Cl)cc1. The van der Waals surface area contributed by atoms with Crippen molar-refractivity contribution >= 4 is 21.6 Å². The third-order valence-electron chi connectivity index (χ3n) is 2.03. The van der Waals surface area contributed by atoms with Crippen molar-refractivity contribution in [3.05, 3.63) is 59.9 Å². The molecule has 2 aromatic rings. The van der Waals surface area contributed by atoms with Crippen molar-refractivity contribution in [2.75, 3.05) is 0 Å². The van der Waals surface area contributed by atoms with E-state index in [1.54, 1.807) is 42.7 Å². The van der Waals surface area contributed by atoms with Crippen molar-refractivity contribution in [2.24, 2.45) is 4.47 Å². The molecule has 0 aliphatic rings. The lowest BCUT2D eigenvalue weighted by molar-refractivity contribution is -0.676. The van der Waals surface area contributed by atoms with Crippen molar-refractivity contribution in [1.82, 2.24) is 0 Å². The van der Waals surface area contributed by atoms with E-state index < -0.39 is 10.0 Å². The first-order valence-corrected chi connectivity index (χ1v) is 6.65. The molecule has 0 amide bonds. The number of nitrogens with zero attached hydrogens (tertiary/aromatic N) is 2. The molecule has 88 valence electrons. The summed E-state index contributed by atoms with van der Waals surface area (Å²) < 4.78 is 26.9. The zero-order valence-corrected chi connectivity index (χ0v) is 10.3. The van der Waals surface area contributed by atoms with E-state index in [0.717, 1.165) is 0 Å². The van der Waals surface area contributed by atoms with E-state index in [1.807, 2.05) is 0 Å².